The number of nitrogens with zero attached hydrogens (tertiary/aromatic N) is 1. The van der Waals surface area contributed by atoms with Gasteiger partial charge in [-0.05, 0) is 49.6 Å². The van der Waals surface area contributed by atoms with E-state index < -0.39 is 39.1 Å². The van der Waals surface area contributed by atoms with Crippen molar-refractivity contribution in [2.45, 2.75) is 55.9 Å². The molecule has 2 heterocycles. The molecule has 8 nitrogen and oxygen atoms in total. The first kappa shape index (κ1) is 27.1. The van der Waals surface area contributed by atoms with Gasteiger partial charge in [0.2, 0.25) is 10.0 Å². The van der Waals surface area contributed by atoms with E-state index in [0.29, 0.717) is 11.1 Å². The number of hydrogen-bond donors (Lipinski definition) is 0. The smallest absolute Gasteiger partial charge is 0.342 e. The zero-order valence-electron chi connectivity index (χ0n) is 22.1. The van der Waals surface area contributed by atoms with Crippen LogP contribution in [0.4, 0.5) is 0 Å². The van der Waals surface area contributed by atoms with E-state index >= 15 is 0 Å². The van der Waals surface area contributed by atoms with Gasteiger partial charge in [0.1, 0.15) is 5.60 Å². The van der Waals surface area contributed by atoms with Gasteiger partial charge >= 0.3 is 11.9 Å². The molecular formula is C30H31NO7S. The van der Waals surface area contributed by atoms with Crippen LogP contribution in [0, 0.1) is 6.92 Å². The molecule has 0 saturated carbocycles. The number of carbonyl (C=O) groups excluding carboxylic acids is 2. The Bertz CT molecular complexity index is 1470. The number of sulfonamides is 1. The fourth-order valence-electron chi connectivity index (χ4n) is 5.87. The molecule has 5 rings (SSSR count). The summed E-state index contributed by atoms with van der Waals surface area (Å²) in [4.78, 5) is 28.5. The van der Waals surface area contributed by atoms with Gasteiger partial charge in [-0.25, -0.2) is 18.0 Å². The van der Waals surface area contributed by atoms with E-state index in [1.165, 1.54) is 12.1 Å². The number of carbonyl (C=O) groups is 2. The highest BCUT2D eigenvalue weighted by Gasteiger charge is 2.79. The Labute approximate surface area is 228 Å². The van der Waals surface area contributed by atoms with Gasteiger partial charge in [0.25, 0.3) is 5.54 Å². The normalized spacial score (nSPS) is 22.0. The Kier molecular flexibility index (Phi) is 7.09. The van der Waals surface area contributed by atoms with Gasteiger partial charge in [0.15, 0.2) is 0 Å². The number of fused-ring (bicyclic) bond motifs is 2. The molecule has 0 radical (unpaired) electrons. The van der Waals surface area contributed by atoms with Crippen LogP contribution < -0.4 is 0 Å². The van der Waals surface area contributed by atoms with Crippen molar-refractivity contribution in [1.82, 2.24) is 4.31 Å². The predicted molar refractivity (Wildman–Crippen MR) is 143 cm³/mol. The fraction of sp³-hybridized carbons (Fsp3) is 0.333. The molecule has 204 valence electrons. The van der Waals surface area contributed by atoms with Crippen molar-refractivity contribution in [3.63, 3.8) is 0 Å². The first-order chi connectivity index (χ1) is 18.7. The van der Waals surface area contributed by atoms with Crippen molar-refractivity contribution >= 4 is 22.0 Å². The molecule has 9 heteroatoms. The van der Waals surface area contributed by atoms with Gasteiger partial charge in [0, 0.05) is 6.42 Å². The third-order valence-electron chi connectivity index (χ3n) is 7.51. The molecule has 0 amide bonds. The van der Waals surface area contributed by atoms with Crippen molar-refractivity contribution in [3.8, 4) is 0 Å². The van der Waals surface area contributed by atoms with Gasteiger partial charge in [-0.1, -0.05) is 72.3 Å². The molecule has 0 aromatic heterocycles. The zero-order chi connectivity index (χ0) is 27.8. The summed E-state index contributed by atoms with van der Waals surface area (Å²) in [5.74, 6) is -2.07. The first-order valence-corrected chi connectivity index (χ1v) is 14.4. The Balaban J connectivity index is 1.90. The number of benzene rings is 3. The average Bonchev–Trinajstić information content (AvgIpc) is 3.47. The Morgan fingerprint density at radius 1 is 0.897 bits per heavy atom. The van der Waals surface area contributed by atoms with Crippen molar-refractivity contribution in [2.24, 2.45) is 0 Å². The molecule has 2 aliphatic rings. The van der Waals surface area contributed by atoms with Gasteiger partial charge in [-0.2, -0.15) is 4.31 Å². The highest BCUT2D eigenvalue weighted by molar-refractivity contribution is 7.89. The molecule has 0 aliphatic carbocycles. The van der Waals surface area contributed by atoms with Crippen LogP contribution in [0.1, 0.15) is 48.6 Å². The third-order valence-corrected chi connectivity index (χ3v) is 9.42. The summed E-state index contributed by atoms with van der Waals surface area (Å²) >= 11 is 0. The summed E-state index contributed by atoms with van der Waals surface area (Å²) in [5.41, 5.74) is -1.39. The van der Waals surface area contributed by atoms with Crippen molar-refractivity contribution in [1.29, 1.82) is 0 Å². The van der Waals surface area contributed by atoms with Crippen molar-refractivity contribution < 1.29 is 32.2 Å². The maximum Gasteiger partial charge on any atom is 0.342 e. The second-order valence-electron chi connectivity index (χ2n) is 9.67. The molecule has 0 N–H and O–H groups in total. The van der Waals surface area contributed by atoms with Crippen LogP contribution >= 0.6 is 0 Å². The van der Waals surface area contributed by atoms with Crippen LogP contribution in [-0.2, 0) is 46.0 Å². The maximum atomic E-state index is 14.7. The van der Waals surface area contributed by atoms with Crippen molar-refractivity contribution in [2.75, 3.05) is 13.2 Å². The van der Waals surface area contributed by atoms with Gasteiger partial charge in [-0.3, -0.25) is 0 Å². The van der Waals surface area contributed by atoms with E-state index in [9.17, 15) is 18.0 Å². The summed E-state index contributed by atoms with van der Waals surface area (Å²) in [7, 11) is -4.50. The Morgan fingerprint density at radius 2 is 1.49 bits per heavy atom. The average molecular weight is 550 g/mol. The molecule has 39 heavy (non-hydrogen) atoms. The van der Waals surface area contributed by atoms with E-state index in [1.807, 2.05) is 25.1 Å². The SMILES string of the molecule is CCOC(=O)C1(C(=O)OCC)N(S(=O)(=O)c2ccc(C)cc2)[C@@H](c2ccccc2)C[C@]12OCc1ccccc12. The number of aryl methyl sites for hydroxylation is 1. The van der Waals surface area contributed by atoms with Crippen LogP contribution in [-0.4, -0.2) is 43.4 Å². The minimum absolute atomic E-state index is 0.00323. The number of hydrogen-bond acceptors (Lipinski definition) is 7. The van der Waals surface area contributed by atoms with E-state index in [2.05, 4.69) is 0 Å². The molecule has 3 aromatic rings. The Morgan fingerprint density at radius 3 is 2.10 bits per heavy atom. The predicted octanol–water partition coefficient (Wildman–Crippen LogP) is 4.42. The number of esters is 2. The maximum absolute atomic E-state index is 14.7. The van der Waals surface area contributed by atoms with Gasteiger partial charge in [-0.15, -0.1) is 0 Å². The zero-order valence-corrected chi connectivity index (χ0v) is 22.9. The van der Waals surface area contributed by atoms with Gasteiger partial charge in [0.05, 0.1) is 30.8 Å². The fourth-order valence-corrected chi connectivity index (χ4v) is 7.76. The van der Waals surface area contributed by atoms with E-state index in [0.717, 1.165) is 15.4 Å². The molecular weight excluding hydrogens is 518 g/mol. The van der Waals surface area contributed by atoms with Crippen LogP contribution in [0.2, 0.25) is 0 Å². The largest absolute Gasteiger partial charge is 0.464 e. The molecule has 2 atom stereocenters. The lowest BCUT2D eigenvalue weighted by Crippen LogP contribution is -2.68. The molecule has 1 fully saturated rings. The summed E-state index contributed by atoms with van der Waals surface area (Å²) < 4.78 is 47.9. The second kappa shape index (κ2) is 10.2. The minimum Gasteiger partial charge on any atom is -0.464 e. The molecule has 0 bridgehead atoms. The van der Waals surface area contributed by atoms with Crippen LogP contribution in [0.15, 0.2) is 83.8 Å². The summed E-state index contributed by atoms with van der Waals surface area (Å²) in [5, 5.41) is 0. The highest BCUT2D eigenvalue weighted by Crippen LogP contribution is 2.62. The topological polar surface area (TPSA) is 99.2 Å². The lowest BCUT2D eigenvalue weighted by atomic mass is 9.74. The summed E-state index contributed by atoms with van der Waals surface area (Å²) in [6.07, 6.45) is -0.00323. The number of rotatable bonds is 7. The standard InChI is InChI=1S/C30H31NO7S/c1-4-36-27(32)30(28(33)37-5-2)29(25-14-10-9-13-23(25)20-38-29)19-26(22-11-7-6-8-12-22)31(30)39(34,35)24-17-15-21(3)16-18-24/h6-18,26H,4-5,19-20H2,1-3H3/t26-,29-/m1/s1. The lowest BCUT2D eigenvalue weighted by molar-refractivity contribution is -0.190. The number of ether oxygens (including phenoxy) is 3. The third kappa shape index (κ3) is 3.99. The molecule has 1 saturated heterocycles. The first-order valence-electron chi connectivity index (χ1n) is 13.0. The van der Waals surface area contributed by atoms with Gasteiger partial charge < -0.3 is 14.2 Å². The van der Waals surface area contributed by atoms with Crippen LogP contribution in [0.25, 0.3) is 0 Å². The van der Waals surface area contributed by atoms with Crippen molar-refractivity contribution in [3.05, 3.63) is 101 Å². The molecule has 0 unspecified atom stereocenters. The minimum atomic E-state index is -4.50. The monoisotopic (exact) mass is 549 g/mol. The summed E-state index contributed by atoms with van der Waals surface area (Å²) in [6.45, 7) is 5.00. The molecule has 3 aromatic carbocycles. The van der Waals surface area contributed by atoms with E-state index in [1.54, 1.807) is 62.4 Å². The summed E-state index contributed by atoms with van der Waals surface area (Å²) in [6, 6.07) is 21.6. The lowest BCUT2D eigenvalue weighted by Gasteiger charge is -2.42. The molecule has 2 aliphatic heterocycles. The highest BCUT2D eigenvalue weighted by atomic mass is 32.2. The Hall–Kier alpha value is -3.53. The van der Waals surface area contributed by atoms with E-state index in [-0.39, 0.29) is 31.1 Å². The molecule has 1 spiro atoms. The second-order valence-corrected chi connectivity index (χ2v) is 11.5. The quantitative estimate of drug-likeness (QED) is 0.318. The van der Waals surface area contributed by atoms with Crippen LogP contribution in [0.5, 0.6) is 0 Å². The van der Waals surface area contributed by atoms with Crippen LogP contribution in [0.3, 0.4) is 0 Å². The van der Waals surface area contributed by atoms with E-state index in [4.69, 9.17) is 14.2 Å².